The molecule has 2 N–H and O–H groups in total. The van der Waals surface area contributed by atoms with Gasteiger partial charge in [0.05, 0.1) is 5.56 Å². The average molecular weight is 248 g/mol. The quantitative estimate of drug-likeness (QED) is 0.669. The first-order valence-electron chi connectivity index (χ1n) is 5.08. The lowest BCUT2D eigenvalue weighted by Gasteiger charge is -2.06. The van der Waals surface area contributed by atoms with E-state index in [1.807, 2.05) is 12.3 Å². The first kappa shape index (κ1) is 11.6. The van der Waals surface area contributed by atoms with Crippen LogP contribution in [-0.2, 0) is 11.3 Å². The molecule has 0 unspecified atom stereocenters. The van der Waals surface area contributed by atoms with Gasteiger partial charge in [0.1, 0.15) is 11.6 Å². The van der Waals surface area contributed by atoms with Crippen molar-refractivity contribution in [3.05, 3.63) is 45.9 Å². The number of benzene rings is 1. The number of aryl methyl sites for hydroxylation is 1. The fourth-order valence-corrected chi connectivity index (χ4v) is 1.97. The number of hydrogen-bond acceptors (Lipinski definition) is 5. The fourth-order valence-electron chi connectivity index (χ4n) is 1.45. The number of thiazole rings is 1. The molecule has 1 aromatic heterocycles. The van der Waals surface area contributed by atoms with Crippen LogP contribution in [0.5, 0.6) is 0 Å². The van der Waals surface area contributed by atoms with Crippen LogP contribution in [0.25, 0.3) is 0 Å². The average Bonchev–Trinajstić information content (AvgIpc) is 2.78. The monoisotopic (exact) mass is 248 g/mol. The Hall–Kier alpha value is -1.88. The van der Waals surface area contributed by atoms with Gasteiger partial charge >= 0.3 is 5.97 Å². The molecule has 0 aliphatic rings. The van der Waals surface area contributed by atoms with Gasteiger partial charge in [0.15, 0.2) is 0 Å². The number of anilines is 1. The Labute approximate surface area is 103 Å². The standard InChI is InChI=1S/C12H12N2O2S/c1-8-6-9(13)2-3-10(8)12(15)16-7-11-14-4-5-17-11/h2-6H,7,13H2,1H3. The second-order valence-corrected chi connectivity index (χ2v) is 4.56. The van der Waals surface area contributed by atoms with E-state index < -0.39 is 0 Å². The van der Waals surface area contributed by atoms with E-state index in [0.29, 0.717) is 11.3 Å². The summed E-state index contributed by atoms with van der Waals surface area (Å²) in [6, 6.07) is 5.11. The number of rotatable bonds is 3. The van der Waals surface area contributed by atoms with E-state index in [0.717, 1.165) is 10.6 Å². The number of nitrogens with zero attached hydrogens (tertiary/aromatic N) is 1. The molecule has 5 heteroatoms. The van der Waals surface area contributed by atoms with E-state index in [-0.39, 0.29) is 12.6 Å². The first-order chi connectivity index (χ1) is 8.16. The number of carbonyl (C=O) groups is 1. The summed E-state index contributed by atoms with van der Waals surface area (Å²) in [7, 11) is 0. The maximum Gasteiger partial charge on any atom is 0.338 e. The van der Waals surface area contributed by atoms with Gasteiger partial charge in [-0.2, -0.15) is 0 Å². The molecule has 0 radical (unpaired) electrons. The predicted molar refractivity (Wildman–Crippen MR) is 66.8 cm³/mol. The molecule has 4 nitrogen and oxygen atoms in total. The van der Waals surface area contributed by atoms with Gasteiger partial charge in [-0.05, 0) is 30.7 Å². The molecule has 2 aromatic rings. The van der Waals surface area contributed by atoms with Crippen molar-refractivity contribution in [3.8, 4) is 0 Å². The SMILES string of the molecule is Cc1cc(N)ccc1C(=O)OCc1nccs1. The van der Waals surface area contributed by atoms with Crippen LogP contribution in [0.4, 0.5) is 5.69 Å². The third-order valence-electron chi connectivity index (χ3n) is 2.28. The summed E-state index contributed by atoms with van der Waals surface area (Å²) in [6.45, 7) is 2.04. The van der Waals surface area contributed by atoms with Gasteiger partial charge < -0.3 is 10.5 Å². The van der Waals surface area contributed by atoms with Gasteiger partial charge in [-0.25, -0.2) is 9.78 Å². The molecule has 2 rings (SSSR count). The number of nitrogens with two attached hydrogens (primary N) is 1. The zero-order valence-electron chi connectivity index (χ0n) is 9.34. The van der Waals surface area contributed by atoms with Crippen molar-refractivity contribution in [2.45, 2.75) is 13.5 Å². The number of carbonyl (C=O) groups excluding carboxylic acids is 1. The molecular formula is C12H12N2O2S. The highest BCUT2D eigenvalue weighted by Gasteiger charge is 2.11. The summed E-state index contributed by atoms with van der Waals surface area (Å²) >= 11 is 1.46. The van der Waals surface area contributed by atoms with Crippen molar-refractivity contribution in [1.29, 1.82) is 0 Å². The Balaban J connectivity index is 2.04. The molecule has 0 saturated carbocycles. The van der Waals surface area contributed by atoms with Crippen molar-refractivity contribution in [3.63, 3.8) is 0 Å². The van der Waals surface area contributed by atoms with E-state index in [2.05, 4.69) is 4.98 Å². The van der Waals surface area contributed by atoms with E-state index >= 15 is 0 Å². The minimum Gasteiger partial charge on any atom is -0.455 e. The molecular weight excluding hydrogens is 236 g/mol. The van der Waals surface area contributed by atoms with E-state index in [1.54, 1.807) is 24.4 Å². The molecule has 0 fully saturated rings. The number of ether oxygens (including phenoxy) is 1. The highest BCUT2D eigenvalue weighted by molar-refractivity contribution is 7.09. The maximum absolute atomic E-state index is 11.8. The molecule has 0 aliphatic carbocycles. The maximum atomic E-state index is 11.8. The van der Waals surface area contributed by atoms with Crippen LogP contribution in [0.1, 0.15) is 20.9 Å². The van der Waals surface area contributed by atoms with Crippen molar-refractivity contribution >= 4 is 23.0 Å². The molecule has 0 atom stereocenters. The molecule has 0 bridgehead atoms. The summed E-state index contributed by atoms with van der Waals surface area (Å²) in [4.78, 5) is 15.8. The fraction of sp³-hybridized carbons (Fsp3) is 0.167. The first-order valence-corrected chi connectivity index (χ1v) is 5.96. The Bertz CT molecular complexity index is 523. The molecule has 1 heterocycles. The smallest absolute Gasteiger partial charge is 0.338 e. The predicted octanol–water partition coefficient (Wildman–Crippen LogP) is 2.39. The summed E-state index contributed by atoms with van der Waals surface area (Å²) in [6.07, 6.45) is 1.68. The van der Waals surface area contributed by atoms with Gasteiger partial charge in [0.2, 0.25) is 0 Å². The molecule has 0 saturated heterocycles. The van der Waals surface area contributed by atoms with Crippen molar-refractivity contribution < 1.29 is 9.53 Å². The highest BCUT2D eigenvalue weighted by atomic mass is 32.1. The largest absolute Gasteiger partial charge is 0.455 e. The molecule has 0 aliphatic heterocycles. The van der Waals surface area contributed by atoms with Crippen LogP contribution in [-0.4, -0.2) is 11.0 Å². The van der Waals surface area contributed by atoms with Gasteiger partial charge in [0, 0.05) is 17.3 Å². The van der Waals surface area contributed by atoms with Gasteiger partial charge in [-0.3, -0.25) is 0 Å². The number of esters is 1. The summed E-state index contributed by atoms with van der Waals surface area (Å²) in [5.41, 5.74) is 7.61. The Morgan fingerprint density at radius 2 is 2.35 bits per heavy atom. The van der Waals surface area contributed by atoms with Crippen molar-refractivity contribution in [2.24, 2.45) is 0 Å². The minimum absolute atomic E-state index is 0.209. The summed E-state index contributed by atoms with van der Waals surface area (Å²) < 4.78 is 5.16. The lowest BCUT2D eigenvalue weighted by Crippen LogP contribution is -2.07. The van der Waals surface area contributed by atoms with E-state index in [1.165, 1.54) is 11.3 Å². The Morgan fingerprint density at radius 1 is 1.53 bits per heavy atom. The van der Waals surface area contributed by atoms with Crippen molar-refractivity contribution in [2.75, 3.05) is 5.73 Å². The van der Waals surface area contributed by atoms with Crippen LogP contribution in [0.15, 0.2) is 29.8 Å². The van der Waals surface area contributed by atoms with Crippen LogP contribution >= 0.6 is 11.3 Å². The molecule has 1 aromatic carbocycles. The lowest BCUT2D eigenvalue weighted by molar-refractivity contribution is 0.0471. The van der Waals surface area contributed by atoms with E-state index in [4.69, 9.17) is 10.5 Å². The van der Waals surface area contributed by atoms with Gasteiger partial charge in [-0.15, -0.1) is 11.3 Å². The van der Waals surface area contributed by atoms with Crippen LogP contribution in [0.3, 0.4) is 0 Å². The lowest BCUT2D eigenvalue weighted by atomic mass is 10.1. The van der Waals surface area contributed by atoms with E-state index in [9.17, 15) is 4.79 Å². The third-order valence-corrected chi connectivity index (χ3v) is 3.03. The molecule has 0 amide bonds. The van der Waals surface area contributed by atoms with Crippen LogP contribution in [0.2, 0.25) is 0 Å². The topological polar surface area (TPSA) is 65.2 Å². The highest BCUT2D eigenvalue weighted by Crippen LogP contribution is 2.15. The number of aromatic nitrogens is 1. The second kappa shape index (κ2) is 4.97. The molecule has 88 valence electrons. The van der Waals surface area contributed by atoms with Crippen molar-refractivity contribution in [1.82, 2.24) is 4.98 Å². The Morgan fingerprint density at radius 3 is 3.00 bits per heavy atom. The van der Waals surface area contributed by atoms with Crippen LogP contribution in [0, 0.1) is 6.92 Å². The zero-order valence-corrected chi connectivity index (χ0v) is 10.2. The number of nitrogen functional groups attached to an aromatic ring is 1. The summed E-state index contributed by atoms with van der Waals surface area (Å²) in [5.74, 6) is -0.349. The Kier molecular flexibility index (Phi) is 3.39. The minimum atomic E-state index is -0.349. The second-order valence-electron chi connectivity index (χ2n) is 3.58. The van der Waals surface area contributed by atoms with Gasteiger partial charge in [0.25, 0.3) is 0 Å². The normalized spacial score (nSPS) is 10.2. The molecule has 17 heavy (non-hydrogen) atoms. The number of hydrogen-bond donors (Lipinski definition) is 1. The zero-order chi connectivity index (χ0) is 12.3. The van der Waals surface area contributed by atoms with Crippen LogP contribution < -0.4 is 5.73 Å². The third kappa shape index (κ3) is 2.82. The molecule has 0 spiro atoms. The van der Waals surface area contributed by atoms with Gasteiger partial charge in [-0.1, -0.05) is 0 Å². The summed E-state index contributed by atoms with van der Waals surface area (Å²) in [5, 5.41) is 2.63.